The predicted octanol–water partition coefficient (Wildman–Crippen LogP) is 1.70. The van der Waals surface area contributed by atoms with Gasteiger partial charge < -0.3 is 10.1 Å². The summed E-state index contributed by atoms with van der Waals surface area (Å²) in [7, 11) is 1.52. The number of hydrogen-bond acceptors (Lipinski definition) is 2. The Kier molecular flexibility index (Phi) is 5.19. The fourth-order valence-corrected chi connectivity index (χ4v) is 0.936. The Bertz CT molecular complexity index is 207. The normalized spacial score (nSPS) is 12.5. The molecule has 0 saturated heterocycles. The molecule has 0 saturated carbocycles. The first kappa shape index (κ1) is 12.0. The zero-order valence-corrected chi connectivity index (χ0v) is 9.10. The molecule has 0 fully saturated rings. The zero-order chi connectivity index (χ0) is 10.4. The van der Waals surface area contributed by atoms with E-state index < -0.39 is 0 Å². The van der Waals surface area contributed by atoms with Crippen molar-refractivity contribution in [2.24, 2.45) is 5.92 Å². The molecule has 13 heavy (non-hydrogen) atoms. The second kappa shape index (κ2) is 5.62. The van der Waals surface area contributed by atoms with E-state index in [1.165, 1.54) is 7.11 Å². The molecule has 1 amide bonds. The number of amides is 1. The van der Waals surface area contributed by atoms with Crippen LogP contribution in [0.25, 0.3) is 0 Å². The molecule has 0 heterocycles. The maximum Gasteiger partial charge on any atom is 0.286 e. The Morgan fingerprint density at radius 2 is 2.00 bits per heavy atom. The Labute approximate surface area is 80.2 Å². The van der Waals surface area contributed by atoms with Crippen molar-refractivity contribution in [1.82, 2.24) is 5.32 Å². The Morgan fingerprint density at radius 1 is 1.46 bits per heavy atom. The van der Waals surface area contributed by atoms with Crippen molar-refractivity contribution in [2.45, 2.75) is 27.7 Å². The Hall–Kier alpha value is -0.990. The third kappa shape index (κ3) is 3.49. The summed E-state index contributed by atoms with van der Waals surface area (Å²) in [6, 6.07) is 0. The molecule has 0 unspecified atom stereocenters. The van der Waals surface area contributed by atoms with Crippen molar-refractivity contribution in [3.05, 3.63) is 11.3 Å². The van der Waals surface area contributed by atoms with Crippen molar-refractivity contribution in [3.8, 4) is 0 Å². The van der Waals surface area contributed by atoms with Crippen LogP contribution in [-0.2, 0) is 9.53 Å². The molecule has 0 aliphatic carbocycles. The molecule has 0 aromatic rings. The van der Waals surface area contributed by atoms with Crippen LogP contribution < -0.4 is 5.32 Å². The second-order valence-electron chi connectivity index (χ2n) is 3.23. The SMILES string of the molecule is CCNC(=O)/C(OC)=C(\C)C(C)C. The largest absolute Gasteiger partial charge is 0.491 e. The highest BCUT2D eigenvalue weighted by Crippen LogP contribution is 2.14. The monoisotopic (exact) mass is 185 g/mol. The molecule has 0 spiro atoms. The average Bonchev–Trinajstić information content (AvgIpc) is 2.05. The summed E-state index contributed by atoms with van der Waals surface area (Å²) in [6.07, 6.45) is 0. The molecule has 76 valence electrons. The highest BCUT2D eigenvalue weighted by molar-refractivity contribution is 5.92. The van der Waals surface area contributed by atoms with Gasteiger partial charge in [0.15, 0.2) is 5.76 Å². The van der Waals surface area contributed by atoms with Gasteiger partial charge in [-0.3, -0.25) is 4.79 Å². The van der Waals surface area contributed by atoms with Crippen molar-refractivity contribution in [2.75, 3.05) is 13.7 Å². The minimum Gasteiger partial charge on any atom is -0.491 e. The van der Waals surface area contributed by atoms with Crippen LogP contribution in [0.15, 0.2) is 11.3 Å². The number of carbonyl (C=O) groups excluding carboxylic acids is 1. The van der Waals surface area contributed by atoms with Crippen LogP contribution in [0.1, 0.15) is 27.7 Å². The van der Waals surface area contributed by atoms with E-state index in [1.54, 1.807) is 0 Å². The van der Waals surface area contributed by atoms with Gasteiger partial charge >= 0.3 is 0 Å². The van der Waals surface area contributed by atoms with E-state index in [0.717, 1.165) is 5.57 Å². The maximum absolute atomic E-state index is 11.4. The summed E-state index contributed by atoms with van der Waals surface area (Å²) in [5, 5.41) is 2.71. The minimum atomic E-state index is -0.129. The summed E-state index contributed by atoms with van der Waals surface area (Å²) < 4.78 is 5.06. The minimum absolute atomic E-state index is 0.129. The molecule has 1 N–H and O–H groups in total. The molecule has 0 radical (unpaired) electrons. The number of hydrogen-bond donors (Lipinski definition) is 1. The van der Waals surface area contributed by atoms with E-state index in [2.05, 4.69) is 5.32 Å². The first-order chi connectivity index (χ1) is 6.04. The molecule has 3 heteroatoms. The van der Waals surface area contributed by atoms with Crippen molar-refractivity contribution in [1.29, 1.82) is 0 Å². The molecule has 0 aliphatic heterocycles. The molecule has 0 aromatic heterocycles. The first-order valence-electron chi connectivity index (χ1n) is 4.57. The fraction of sp³-hybridized carbons (Fsp3) is 0.700. The summed E-state index contributed by atoms with van der Waals surface area (Å²) >= 11 is 0. The van der Waals surface area contributed by atoms with Crippen LogP contribution in [0.3, 0.4) is 0 Å². The predicted molar refractivity (Wildman–Crippen MR) is 53.2 cm³/mol. The van der Waals surface area contributed by atoms with Crippen molar-refractivity contribution in [3.63, 3.8) is 0 Å². The maximum atomic E-state index is 11.4. The number of nitrogens with one attached hydrogen (secondary N) is 1. The van der Waals surface area contributed by atoms with Crippen LogP contribution in [0.2, 0.25) is 0 Å². The van der Waals surface area contributed by atoms with E-state index >= 15 is 0 Å². The smallest absolute Gasteiger partial charge is 0.286 e. The number of carbonyl (C=O) groups is 1. The van der Waals surface area contributed by atoms with Crippen LogP contribution in [0.5, 0.6) is 0 Å². The molecular weight excluding hydrogens is 166 g/mol. The quantitative estimate of drug-likeness (QED) is 0.534. The van der Waals surface area contributed by atoms with Gasteiger partial charge in [0.2, 0.25) is 0 Å². The molecule has 0 rings (SSSR count). The number of ether oxygens (including phenoxy) is 1. The van der Waals surface area contributed by atoms with Gasteiger partial charge in [0.05, 0.1) is 7.11 Å². The molecule has 0 aliphatic rings. The van der Waals surface area contributed by atoms with E-state index in [4.69, 9.17) is 4.74 Å². The van der Waals surface area contributed by atoms with Gasteiger partial charge in [-0.05, 0) is 25.3 Å². The van der Waals surface area contributed by atoms with Crippen molar-refractivity contribution >= 4 is 5.91 Å². The van der Waals surface area contributed by atoms with Gasteiger partial charge in [-0.1, -0.05) is 13.8 Å². The molecule has 3 nitrogen and oxygen atoms in total. The lowest BCUT2D eigenvalue weighted by Gasteiger charge is -2.12. The lowest BCUT2D eigenvalue weighted by Crippen LogP contribution is -2.26. The van der Waals surface area contributed by atoms with Crippen molar-refractivity contribution < 1.29 is 9.53 Å². The molecule has 0 aromatic carbocycles. The number of methoxy groups -OCH3 is 1. The van der Waals surface area contributed by atoms with Crippen LogP contribution in [-0.4, -0.2) is 19.6 Å². The average molecular weight is 185 g/mol. The highest BCUT2D eigenvalue weighted by atomic mass is 16.5. The molecule has 0 atom stereocenters. The Balaban J connectivity index is 4.66. The summed E-state index contributed by atoms with van der Waals surface area (Å²) in [6.45, 7) is 8.49. The summed E-state index contributed by atoms with van der Waals surface area (Å²) in [5.74, 6) is 0.644. The number of likely N-dealkylation sites (N-methyl/N-ethyl adjacent to an activating group) is 1. The number of rotatable bonds is 4. The lowest BCUT2D eigenvalue weighted by atomic mass is 10.0. The number of allylic oxidation sites excluding steroid dienone is 1. The molecular formula is C10H19NO2. The van der Waals surface area contributed by atoms with Gasteiger partial charge in [0.25, 0.3) is 5.91 Å². The van der Waals surface area contributed by atoms with Gasteiger partial charge in [-0.2, -0.15) is 0 Å². The zero-order valence-electron chi connectivity index (χ0n) is 9.10. The summed E-state index contributed by atoms with van der Waals surface area (Å²) in [4.78, 5) is 11.4. The fourth-order valence-electron chi connectivity index (χ4n) is 0.936. The third-order valence-electron chi connectivity index (χ3n) is 1.97. The van der Waals surface area contributed by atoms with E-state index in [1.807, 2.05) is 27.7 Å². The lowest BCUT2D eigenvalue weighted by molar-refractivity contribution is -0.120. The van der Waals surface area contributed by atoms with Crippen LogP contribution >= 0.6 is 0 Å². The molecule has 0 bridgehead atoms. The highest BCUT2D eigenvalue weighted by Gasteiger charge is 2.13. The van der Waals surface area contributed by atoms with Crippen LogP contribution in [0, 0.1) is 5.92 Å². The van der Waals surface area contributed by atoms with E-state index in [-0.39, 0.29) is 5.91 Å². The summed E-state index contributed by atoms with van der Waals surface area (Å²) in [5.41, 5.74) is 0.980. The standard InChI is InChI=1S/C10H19NO2/c1-6-11-10(12)9(13-5)8(4)7(2)3/h7H,6H2,1-5H3,(H,11,12)/b9-8-. The first-order valence-corrected chi connectivity index (χ1v) is 4.57. The van der Waals surface area contributed by atoms with E-state index in [0.29, 0.717) is 18.2 Å². The van der Waals surface area contributed by atoms with Crippen LogP contribution in [0.4, 0.5) is 0 Å². The Morgan fingerprint density at radius 3 is 2.31 bits per heavy atom. The van der Waals surface area contributed by atoms with E-state index in [9.17, 15) is 4.79 Å². The van der Waals surface area contributed by atoms with Gasteiger partial charge in [-0.25, -0.2) is 0 Å². The van der Waals surface area contributed by atoms with Gasteiger partial charge in [0.1, 0.15) is 0 Å². The van der Waals surface area contributed by atoms with Gasteiger partial charge in [-0.15, -0.1) is 0 Å². The third-order valence-corrected chi connectivity index (χ3v) is 1.97. The second-order valence-corrected chi connectivity index (χ2v) is 3.23. The topological polar surface area (TPSA) is 38.3 Å². The van der Waals surface area contributed by atoms with Gasteiger partial charge in [0, 0.05) is 6.54 Å².